The van der Waals surface area contributed by atoms with E-state index in [4.69, 9.17) is 16.3 Å². The van der Waals surface area contributed by atoms with E-state index in [9.17, 15) is 18.0 Å². The molecule has 0 fully saturated rings. The van der Waals surface area contributed by atoms with Gasteiger partial charge in [-0.2, -0.15) is 13.2 Å². The first-order chi connectivity index (χ1) is 12.7. The number of carbonyl (C=O) groups excluding carboxylic acids is 1. The second-order valence-electron chi connectivity index (χ2n) is 5.75. The molecule has 1 atom stereocenters. The monoisotopic (exact) mass is 536 g/mol. The minimum atomic E-state index is -4.44. The van der Waals surface area contributed by atoms with Crippen LogP contribution in [0.5, 0.6) is 5.75 Å². The van der Waals surface area contributed by atoms with Crippen LogP contribution in [0.1, 0.15) is 13.3 Å². The van der Waals surface area contributed by atoms with Crippen LogP contribution in [0.15, 0.2) is 29.3 Å². The molecule has 1 aromatic rings. The van der Waals surface area contributed by atoms with Gasteiger partial charge in [0, 0.05) is 14.1 Å². The smallest absolute Gasteiger partial charge is 0.406 e. The third-order valence-electron chi connectivity index (χ3n) is 3.56. The van der Waals surface area contributed by atoms with E-state index in [0.29, 0.717) is 28.6 Å². The number of nitrogens with zero attached hydrogens (tertiary/aromatic N) is 2. The molecule has 0 aromatic heterocycles. The van der Waals surface area contributed by atoms with E-state index < -0.39 is 18.6 Å². The predicted octanol–water partition coefficient (Wildman–Crippen LogP) is 3.30. The van der Waals surface area contributed by atoms with Gasteiger partial charge in [-0.1, -0.05) is 30.7 Å². The van der Waals surface area contributed by atoms with Crippen LogP contribution in [0.25, 0.3) is 0 Å². The molecule has 0 bridgehead atoms. The van der Waals surface area contributed by atoms with E-state index in [0.717, 1.165) is 7.05 Å². The molecule has 1 rings (SSSR count). The number of ether oxygens (including phenoxy) is 1. The summed E-state index contributed by atoms with van der Waals surface area (Å²) in [6.45, 7) is 0.695. The average Bonchev–Trinajstić information content (AvgIpc) is 2.60. The molecule has 0 radical (unpaired) electrons. The molecule has 0 saturated heterocycles. The number of halogens is 5. The Hall–Kier alpha value is -1.43. The highest BCUT2D eigenvalue weighted by atomic mass is 127. The van der Waals surface area contributed by atoms with Crippen molar-refractivity contribution in [2.45, 2.75) is 25.6 Å². The SMILES string of the molecule is CCC(CNC(=NC)NCC(=O)N(C)CC(F)(F)F)Oc1ccccc1Cl.I. The lowest BCUT2D eigenvalue weighted by Crippen LogP contribution is -2.47. The van der Waals surface area contributed by atoms with Crippen LogP contribution in [-0.2, 0) is 4.79 Å². The molecular weight excluding hydrogens is 512 g/mol. The van der Waals surface area contributed by atoms with Gasteiger partial charge in [0.15, 0.2) is 5.96 Å². The second kappa shape index (κ2) is 12.9. The van der Waals surface area contributed by atoms with Crippen LogP contribution >= 0.6 is 35.6 Å². The van der Waals surface area contributed by atoms with Crippen molar-refractivity contribution in [3.63, 3.8) is 0 Å². The standard InChI is InChI=1S/C17H24ClF3N4O2.HI/c1-4-12(27-14-8-6-5-7-13(14)18)9-23-16(22-2)24-10-15(26)25(3)11-17(19,20)21;/h5-8,12H,4,9-11H2,1-3H3,(H2,22,23,24);1H. The highest BCUT2D eigenvalue weighted by Gasteiger charge is 2.31. The Balaban J connectivity index is 0.00000729. The van der Waals surface area contributed by atoms with Gasteiger partial charge in [-0.15, -0.1) is 24.0 Å². The molecule has 1 unspecified atom stereocenters. The zero-order valence-corrected chi connectivity index (χ0v) is 18.9. The molecule has 0 aliphatic rings. The molecular formula is C17H25ClF3IN4O2. The first kappa shape index (κ1) is 26.6. The number of aliphatic imine (C=N–C) groups is 1. The quantitative estimate of drug-likeness (QED) is 0.304. The number of guanidine groups is 1. The normalized spacial score (nSPS) is 12.6. The topological polar surface area (TPSA) is 66.0 Å². The van der Waals surface area contributed by atoms with Crippen LogP contribution < -0.4 is 15.4 Å². The molecule has 0 aliphatic carbocycles. The molecule has 0 saturated carbocycles. The molecule has 1 aromatic carbocycles. The summed E-state index contributed by atoms with van der Waals surface area (Å²) in [5.74, 6) is 0.138. The van der Waals surface area contributed by atoms with Crippen molar-refractivity contribution < 1.29 is 22.7 Å². The van der Waals surface area contributed by atoms with Gasteiger partial charge in [0.25, 0.3) is 0 Å². The highest BCUT2D eigenvalue weighted by molar-refractivity contribution is 14.0. The van der Waals surface area contributed by atoms with E-state index in [1.165, 1.54) is 7.05 Å². The number of hydrogen-bond donors (Lipinski definition) is 2. The Kier molecular flexibility index (Phi) is 12.3. The summed E-state index contributed by atoms with van der Waals surface area (Å²) in [5, 5.41) is 6.17. The van der Waals surface area contributed by atoms with Crippen LogP contribution in [0.2, 0.25) is 5.02 Å². The van der Waals surface area contributed by atoms with Crippen molar-refractivity contribution in [2.75, 3.05) is 33.7 Å². The maximum atomic E-state index is 12.3. The molecule has 0 aliphatic heterocycles. The minimum Gasteiger partial charge on any atom is -0.487 e. The maximum Gasteiger partial charge on any atom is 0.406 e. The van der Waals surface area contributed by atoms with E-state index in [1.807, 2.05) is 13.0 Å². The van der Waals surface area contributed by atoms with Gasteiger partial charge in [-0.3, -0.25) is 9.79 Å². The number of benzene rings is 1. The number of nitrogens with one attached hydrogen (secondary N) is 2. The Bertz CT molecular complexity index is 647. The van der Waals surface area contributed by atoms with Crippen molar-refractivity contribution in [1.29, 1.82) is 0 Å². The zero-order chi connectivity index (χ0) is 20.4. The number of amides is 1. The third kappa shape index (κ3) is 10.2. The summed E-state index contributed by atoms with van der Waals surface area (Å²) in [6, 6.07) is 7.09. The van der Waals surface area contributed by atoms with Crippen molar-refractivity contribution in [3.05, 3.63) is 29.3 Å². The fourth-order valence-electron chi connectivity index (χ4n) is 2.07. The van der Waals surface area contributed by atoms with Crippen molar-refractivity contribution >= 4 is 47.4 Å². The summed E-state index contributed by atoms with van der Waals surface area (Å²) in [7, 11) is 2.59. The van der Waals surface area contributed by atoms with Crippen molar-refractivity contribution in [2.24, 2.45) is 4.99 Å². The number of likely N-dealkylation sites (N-methyl/N-ethyl adjacent to an activating group) is 1. The summed E-state index contributed by atoms with van der Waals surface area (Å²) in [5.41, 5.74) is 0. The van der Waals surface area contributed by atoms with Gasteiger partial charge in [0.2, 0.25) is 5.91 Å². The first-order valence-corrected chi connectivity index (χ1v) is 8.70. The van der Waals surface area contributed by atoms with E-state index in [-0.39, 0.29) is 42.6 Å². The molecule has 11 heteroatoms. The average molecular weight is 537 g/mol. The van der Waals surface area contributed by atoms with Gasteiger partial charge < -0.3 is 20.3 Å². The Labute approximate surface area is 184 Å². The van der Waals surface area contributed by atoms with Crippen LogP contribution in [0, 0.1) is 0 Å². The Morgan fingerprint density at radius 2 is 1.96 bits per heavy atom. The molecule has 6 nitrogen and oxygen atoms in total. The van der Waals surface area contributed by atoms with E-state index in [1.54, 1.807) is 18.2 Å². The maximum absolute atomic E-state index is 12.3. The molecule has 1 amide bonds. The minimum absolute atomic E-state index is 0. The first-order valence-electron chi connectivity index (χ1n) is 8.32. The van der Waals surface area contributed by atoms with Crippen LogP contribution in [0.4, 0.5) is 13.2 Å². The van der Waals surface area contributed by atoms with Crippen molar-refractivity contribution in [3.8, 4) is 5.75 Å². The van der Waals surface area contributed by atoms with Crippen LogP contribution in [0.3, 0.4) is 0 Å². The molecule has 0 heterocycles. The van der Waals surface area contributed by atoms with Gasteiger partial charge in [-0.25, -0.2) is 0 Å². The van der Waals surface area contributed by atoms with Crippen molar-refractivity contribution in [1.82, 2.24) is 15.5 Å². The lowest BCUT2D eigenvalue weighted by Gasteiger charge is -2.22. The molecule has 2 N–H and O–H groups in total. The fraction of sp³-hybridized carbons (Fsp3) is 0.529. The van der Waals surface area contributed by atoms with E-state index >= 15 is 0 Å². The van der Waals surface area contributed by atoms with Crippen LogP contribution in [-0.4, -0.2) is 62.8 Å². The number of carbonyl (C=O) groups is 1. The molecule has 160 valence electrons. The van der Waals surface area contributed by atoms with Gasteiger partial charge in [0.05, 0.1) is 18.1 Å². The van der Waals surface area contributed by atoms with Gasteiger partial charge >= 0.3 is 6.18 Å². The molecule has 0 spiro atoms. The zero-order valence-electron chi connectivity index (χ0n) is 15.8. The molecule has 28 heavy (non-hydrogen) atoms. The number of rotatable bonds is 8. The van der Waals surface area contributed by atoms with Gasteiger partial charge in [-0.05, 0) is 18.6 Å². The predicted molar refractivity (Wildman–Crippen MR) is 115 cm³/mol. The summed E-state index contributed by atoms with van der Waals surface area (Å²) >= 11 is 6.07. The van der Waals surface area contributed by atoms with E-state index in [2.05, 4.69) is 15.6 Å². The summed E-state index contributed by atoms with van der Waals surface area (Å²) in [6.07, 6.45) is -3.97. The second-order valence-corrected chi connectivity index (χ2v) is 6.16. The highest BCUT2D eigenvalue weighted by Crippen LogP contribution is 2.24. The summed E-state index contributed by atoms with van der Waals surface area (Å²) in [4.78, 5) is 16.3. The Morgan fingerprint density at radius 3 is 2.50 bits per heavy atom. The number of hydrogen-bond acceptors (Lipinski definition) is 3. The lowest BCUT2D eigenvalue weighted by atomic mass is 10.2. The third-order valence-corrected chi connectivity index (χ3v) is 3.87. The number of para-hydroxylation sites is 1. The largest absolute Gasteiger partial charge is 0.487 e. The van der Waals surface area contributed by atoms with Gasteiger partial charge in [0.1, 0.15) is 18.4 Å². The fourth-order valence-corrected chi connectivity index (χ4v) is 2.25. The number of alkyl halides is 3. The Morgan fingerprint density at radius 1 is 1.32 bits per heavy atom. The lowest BCUT2D eigenvalue weighted by molar-refractivity contribution is -0.157. The summed E-state index contributed by atoms with van der Waals surface area (Å²) < 4.78 is 42.8.